The SMILES string of the molecule is COc1ccc2c3c([nH]c2c1)[C@H](CO)N(C(C)=O)CC31CCN(C(=O)Nc2ccc(F)cc2)CC1. The van der Waals surface area contributed by atoms with Gasteiger partial charge in [-0.1, -0.05) is 0 Å². The maximum atomic E-state index is 13.2. The van der Waals surface area contributed by atoms with E-state index in [4.69, 9.17) is 4.74 Å². The smallest absolute Gasteiger partial charge is 0.321 e. The van der Waals surface area contributed by atoms with Crippen molar-refractivity contribution in [3.05, 3.63) is 59.5 Å². The van der Waals surface area contributed by atoms with Crippen molar-refractivity contribution in [1.82, 2.24) is 14.8 Å². The molecule has 0 radical (unpaired) electrons. The van der Waals surface area contributed by atoms with Crippen LogP contribution in [0.15, 0.2) is 42.5 Å². The minimum absolute atomic E-state index is 0.0956. The van der Waals surface area contributed by atoms with Crippen molar-refractivity contribution < 1.29 is 23.8 Å². The van der Waals surface area contributed by atoms with Crippen molar-refractivity contribution in [3.8, 4) is 5.75 Å². The Morgan fingerprint density at radius 3 is 2.54 bits per heavy atom. The van der Waals surface area contributed by atoms with Crippen LogP contribution in [0.3, 0.4) is 0 Å². The van der Waals surface area contributed by atoms with Gasteiger partial charge in [0.05, 0.1) is 19.8 Å². The van der Waals surface area contributed by atoms with E-state index < -0.39 is 6.04 Å². The van der Waals surface area contributed by atoms with Gasteiger partial charge in [0.1, 0.15) is 11.6 Å². The summed E-state index contributed by atoms with van der Waals surface area (Å²) in [6.45, 7) is 2.83. The minimum Gasteiger partial charge on any atom is -0.497 e. The van der Waals surface area contributed by atoms with E-state index in [0.29, 0.717) is 38.2 Å². The molecule has 1 spiro atoms. The lowest BCUT2D eigenvalue weighted by Gasteiger charge is -2.50. The monoisotopic (exact) mass is 480 g/mol. The predicted molar refractivity (Wildman–Crippen MR) is 130 cm³/mol. The number of aliphatic hydroxyl groups excluding tert-OH is 1. The molecule has 184 valence electrons. The van der Waals surface area contributed by atoms with Gasteiger partial charge in [-0.15, -0.1) is 0 Å². The molecule has 2 aliphatic rings. The molecule has 0 bridgehead atoms. The number of piperidine rings is 1. The van der Waals surface area contributed by atoms with E-state index in [1.54, 1.807) is 16.9 Å². The molecular weight excluding hydrogens is 451 g/mol. The third kappa shape index (κ3) is 3.99. The number of H-pyrrole nitrogens is 1. The molecule has 35 heavy (non-hydrogen) atoms. The number of halogens is 1. The fraction of sp³-hybridized carbons (Fsp3) is 0.385. The Hall–Kier alpha value is -3.59. The zero-order valence-electron chi connectivity index (χ0n) is 19.8. The molecule has 0 aliphatic carbocycles. The molecule has 0 unspecified atom stereocenters. The highest BCUT2D eigenvalue weighted by atomic mass is 19.1. The van der Waals surface area contributed by atoms with E-state index >= 15 is 0 Å². The number of hydrogen-bond donors (Lipinski definition) is 3. The van der Waals surface area contributed by atoms with Crippen LogP contribution in [-0.2, 0) is 10.2 Å². The molecule has 1 fully saturated rings. The van der Waals surface area contributed by atoms with E-state index in [9.17, 15) is 19.1 Å². The van der Waals surface area contributed by atoms with Crippen LogP contribution in [0.5, 0.6) is 5.75 Å². The molecule has 3 heterocycles. The summed E-state index contributed by atoms with van der Waals surface area (Å²) in [6.07, 6.45) is 1.33. The Kier molecular flexibility index (Phi) is 5.88. The van der Waals surface area contributed by atoms with Gasteiger partial charge in [0.2, 0.25) is 5.91 Å². The first-order chi connectivity index (χ1) is 16.8. The molecule has 2 aliphatic heterocycles. The molecule has 1 aromatic heterocycles. The highest BCUT2D eigenvalue weighted by molar-refractivity contribution is 5.90. The van der Waals surface area contributed by atoms with Crippen LogP contribution < -0.4 is 10.1 Å². The number of urea groups is 1. The lowest BCUT2D eigenvalue weighted by Crippen LogP contribution is -2.55. The molecule has 8 nitrogen and oxygen atoms in total. The fourth-order valence-corrected chi connectivity index (χ4v) is 5.62. The number of amides is 3. The number of aliphatic hydroxyl groups is 1. The molecule has 3 N–H and O–H groups in total. The van der Waals surface area contributed by atoms with Crippen molar-refractivity contribution >= 4 is 28.5 Å². The number of aromatic amines is 1. The molecule has 9 heteroatoms. The highest BCUT2D eigenvalue weighted by Gasteiger charge is 2.48. The molecule has 3 amide bonds. The van der Waals surface area contributed by atoms with E-state index in [0.717, 1.165) is 27.9 Å². The van der Waals surface area contributed by atoms with Crippen molar-refractivity contribution in [2.24, 2.45) is 0 Å². The number of benzene rings is 2. The molecule has 2 aromatic carbocycles. The number of nitrogens with one attached hydrogen (secondary N) is 2. The first kappa shape index (κ1) is 23.2. The summed E-state index contributed by atoms with van der Waals surface area (Å²) < 4.78 is 18.6. The maximum Gasteiger partial charge on any atom is 0.321 e. The number of ether oxygens (including phenoxy) is 1. The quantitative estimate of drug-likeness (QED) is 0.532. The number of hydrogen-bond acceptors (Lipinski definition) is 4. The van der Waals surface area contributed by atoms with Crippen molar-refractivity contribution in [2.75, 3.05) is 38.7 Å². The second kappa shape index (κ2) is 8.88. The van der Waals surface area contributed by atoms with Gasteiger partial charge in [0.15, 0.2) is 0 Å². The number of methoxy groups -OCH3 is 1. The summed E-state index contributed by atoms with van der Waals surface area (Å²) in [7, 11) is 1.62. The predicted octanol–water partition coefficient (Wildman–Crippen LogP) is 3.78. The van der Waals surface area contributed by atoms with E-state index in [1.807, 2.05) is 18.2 Å². The van der Waals surface area contributed by atoms with Crippen LogP contribution in [0.25, 0.3) is 10.9 Å². The molecule has 1 saturated heterocycles. The fourth-order valence-electron chi connectivity index (χ4n) is 5.62. The van der Waals surface area contributed by atoms with Crippen LogP contribution >= 0.6 is 0 Å². The first-order valence-electron chi connectivity index (χ1n) is 11.7. The molecular formula is C26H29FN4O4. The number of rotatable bonds is 3. The molecule has 3 aromatic rings. The Labute approximate surface area is 202 Å². The van der Waals surface area contributed by atoms with Crippen LogP contribution in [0.1, 0.15) is 37.1 Å². The van der Waals surface area contributed by atoms with Crippen LogP contribution in [0.2, 0.25) is 0 Å². The lowest BCUT2D eigenvalue weighted by atomic mass is 9.68. The van der Waals surface area contributed by atoms with E-state index in [1.165, 1.54) is 31.2 Å². The number of fused-ring (bicyclic) bond motifs is 4. The topological polar surface area (TPSA) is 97.9 Å². The zero-order chi connectivity index (χ0) is 24.7. The second-order valence-electron chi connectivity index (χ2n) is 9.37. The van der Waals surface area contributed by atoms with Gasteiger partial charge in [-0.25, -0.2) is 9.18 Å². The normalized spacial score (nSPS) is 19.0. The summed E-state index contributed by atoms with van der Waals surface area (Å²) in [6, 6.07) is 10.9. The average Bonchev–Trinajstić information content (AvgIpc) is 3.25. The van der Waals surface area contributed by atoms with Crippen molar-refractivity contribution in [3.63, 3.8) is 0 Å². The largest absolute Gasteiger partial charge is 0.497 e. The Bertz CT molecular complexity index is 1260. The highest BCUT2D eigenvalue weighted by Crippen LogP contribution is 2.49. The van der Waals surface area contributed by atoms with Gasteiger partial charge in [0.25, 0.3) is 0 Å². The number of aromatic nitrogens is 1. The Morgan fingerprint density at radius 1 is 1.20 bits per heavy atom. The second-order valence-corrected chi connectivity index (χ2v) is 9.37. The maximum absolute atomic E-state index is 13.2. The van der Waals surface area contributed by atoms with Gasteiger partial charge >= 0.3 is 6.03 Å². The summed E-state index contributed by atoms with van der Waals surface area (Å²) in [4.78, 5) is 32.4. The number of carbonyl (C=O) groups excluding carboxylic acids is 2. The Balaban J connectivity index is 1.47. The number of likely N-dealkylation sites (tertiary alicyclic amines) is 1. The van der Waals surface area contributed by atoms with Crippen LogP contribution in [0, 0.1) is 5.82 Å². The third-order valence-electron chi connectivity index (χ3n) is 7.43. The van der Waals surface area contributed by atoms with Crippen LogP contribution in [-0.4, -0.2) is 65.2 Å². The van der Waals surface area contributed by atoms with Gasteiger partial charge in [0, 0.05) is 60.3 Å². The van der Waals surface area contributed by atoms with Crippen molar-refractivity contribution in [2.45, 2.75) is 31.2 Å². The summed E-state index contributed by atoms with van der Waals surface area (Å²) in [5.41, 5.74) is 3.04. The lowest BCUT2D eigenvalue weighted by molar-refractivity contribution is -0.134. The summed E-state index contributed by atoms with van der Waals surface area (Å²) in [5, 5.41) is 14.1. The number of anilines is 1. The molecule has 1 atom stereocenters. The third-order valence-corrected chi connectivity index (χ3v) is 7.43. The minimum atomic E-state index is -0.452. The number of nitrogens with zero attached hydrogens (tertiary/aromatic N) is 2. The number of carbonyl (C=O) groups is 2. The van der Waals surface area contributed by atoms with E-state index in [-0.39, 0.29) is 29.8 Å². The first-order valence-corrected chi connectivity index (χ1v) is 11.7. The average molecular weight is 481 g/mol. The summed E-state index contributed by atoms with van der Waals surface area (Å²) in [5.74, 6) is 0.270. The molecule has 5 rings (SSSR count). The van der Waals surface area contributed by atoms with Gasteiger partial charge in [-0.05, 0) is 54.8 Å². The van der Waals surface area contributed by atoms with Gasteiger partial charge in [-0.3, -0.25) is 4.79 Å². The van der Waals surface area contributed by atoms with Crippen LogP contribution in [0.4, 0.5) is 14.9 Å². The van der Waals surface area contributed by atoms with Gasteiger partial charge in [-0.2, -0.15) is 0 Å². The van der Waals surface area contributed by atoms with E-state index in [2.05, 4.69) is 10.3 Å². The zero-order valence-corrected chi connectivity index (χ0v) is 19.8. The standard InChI is InChI=1S/C26H29FN4O4/c1-16(33)31-15-26(9-11-30(12-10-26)25(34)28-18-5-3-17(27)4-6-18)23-20-8-7-19(35-2)13-21(20)29-24(23)22(31)14-32/h3-8,13,22,29,32H,9-12,14-15H2,1-2H3,(H,28,34)/t22-/m0/s1. The summed E-state index contributed by atoms with van der Waals surface area (Å²) >= 11 is 0. The Morgan fingerprint density at radius 2 is 1.91 bits per heavy atom. The van der Waals surface area contributed by atoms with Crippen molar-refractivity contribution in [1.29, 1.82) is 0 Å². The van der Waals surface area contributed by atoms with Gasteiger partial charge < -0.3 is 29.9 Å². The molecule has 0 saturated carbocycles.